The van der Waals surface area contributed by atoms with Crippen LogP contribution >= 0.6 is 35.0 Å². The van der Waals surface area contributed by atoms with Crippen LogP contribution in [0.2, 0.25) is 0 Å². The lowest BCUT2D eigenvalue weighted by Crippen LogP contribution is -2.14. The monoisotopic (exact) mass is 327 g/mol. The average molecular weight is 328 g/mol. The number of nitrogens with one attached hydrogen (secondary N) is 1. The van der Waals surface area contributed by atoms with E-state index in [1.54, 1.807) is 12.1 Å². The SMILES string of the molecule is Cl.Fc1ccc(I)cc1[C@H]1CCCN1. The third-order valence-electron chi connectivity index (χ3n) is 2.39. The highest BCUT2D eigenvalue weighted by atomic mass is 127. The van der Waals surface area contributed by atoms with E-state index in [-0.39, 0.29) is 24.3 Å². The Morgan fingerprint density at radius 1 is 1.43 bits per heavy atom. The normalized spacial score (nSPS) is 20.6. The lowest BCUT2D eigenvalue weighted by Gasteiger charge is -2.11. The van der Waals surface area contributed by atoms with Gasteiger partial charge in [-0.3, -0.25) is 0 Å². The Balaban J connectivity index is 0.000000980. The molecule has 0 spiro atoms. The summed E-state index contributed by atoms with van der Waals surface area (Å²) in [6.07, 6.45) is 2.20. The lowest BCUT2D eigenvalue weighted by molar-refractivity contribution is 0.558. The van der Waals surface area contributed by atoms with Crippen LogP contribution in [0.4, 0.5) is 4.39 Å². The van der Waals surface area contributed by atoms with E-state index in [0.717, 1.165) is 28.5 Å². The Hall–Kier alpha value is 0.130. The van der Waals surface area contributed by atoms with E-state index < -0.39 is 0 Å². The Morgan fingerprint density at radius 3 is 2.86 bits per heavy atom. The highest BCUT2D eigenvalue weighted by Crippen LogP contribution is 2.26. The summed E-state index contributed by atoms with van der Waals surface area (Å²) in [6, 6.07) is 5.51. The molecule has 1 N–H and O–H groups in total. The minimum absolute atomic E-state index is 0. The number of halogens is 3. The Labute approximate surface area is 103 Å². The average Bonchev–Trinajstić information content (AvgIpc) is 2.61. The molecule has 0 aliphatic carbocycles. The van der Waals surface area contributed by atoms with Crippen LogP contribution in [-0.4, -0.2) is 6.54 Å². The summed E-state index contributed by atoms with van der Waals surface area (Å²) in [5, 5.41) is 3.30. The largest absolute Gasteiger partial charge is 0.310 e. The minimum atomic E-state index is -0.0835. The zero-order valence-electron chi connectivity index (χ0n) is 7.59. The maximum atomic E-state index is 13.4. The van der Waals surface area contributed by atoms with Gasteiger partial charge in [-0.25, -0.2) is 4.39 Å². The molecule has 1 atom stereocenters. The van der Waals surface area contributed by atoms with E-state index in [1.807, 2.05) is 6.07 Å². The standard InChI is InChI=1S/C10H11FIN.ClH/c11-9-4-3-7(12)6-8(9)10-2-1-5-13-10;/h3-4,6,10,13H,1-2,5H2;1H/t10-;/m1./s1. The zero-order chi connectivity index (χ0) is 9.26. The van der Waals surface area contributed by atoms with Gasteiger partial charge in [-0.15, -0.1) is 12.4 Å². The molecule has 2 rings (SSSR count). The van der Waals surface area contributed by atoms with Crippen molar-refractivity contribution in [1.82, 2.24) is 5.32 Å². The van der Waals surface area contributed by atoms with E-state index in [0.29, 0.717) is 0 Å². The van der Waals surface area contributed by atoms with Crippen molar-refractivity contribution in [2.45, 2.75) is 18.9 Å². The molecule has 1 aromatic carbocycles. The van der Waals surface area contributed by atoms with Crippen LogP contribution in [0.5, 0.6) is 0 Å². The topological polar surface area (TPSA) is 12.0 Å². The maximum absolute atomic E-state index is 13.4. The van der Waals surface area contributed by atoms with E-state index in [9.17, 15) is 4.39 Å². The quantitative estimate of drug-likeness (QED) is 0.781. The Morgan fingerprint density at radius 2 is 2.21 bits per heavy atom. The van der Waals surface area contributed by atoms with Gasteiger partial charge < -0.3 is 5.32 Å². The molecule has 78 valence electrons. The molecule has 1 aliphatic heterocycles. The van der Waals surface area contributed by atoms with Crippen molar-refractivity contribution in [3.63, 3.8) is 0 Å². The third kappa shape index (κ3) is 2.58. The summed E-state index contributed by atoms with van der Waals surface area (Å²) in [4.78, 5) is 0. The van der Waals surface area contributed by atoms with Gasteiger partial charge in [-0.1, -0.05) is 0 Å². The summed E-state index contributed by atoms with van der Waals surface area (Å²) < 4.78 is 14.5. The Bertz CT molecular complexity index is 313. The van der Waals surface area contributed by atoms with Crippen molar-refractivity contribution >= 4 is 35.0 Å². The fourth-order valence-electron chi connectivity index (χ4n) is 1.73. The molecule has 1 aliphatic rings. The maximum Gasteiger partial charge on any atom is 0.128 e. The van der Waals surface area contributed by atoms with Crippen LogP contribution in [0.15, 0.2) is 18.2 Å². The fourth-order valence-corrected chi connectivity index (χ4v) is 2.25. The van der Waals surface area contributed by atoms with Crippen molar-refractivity contribution in [3.8, 4) is 0 Å². The summed E-state index contributed by atoms with van der Waals surface area (Å²) >= 11 is 2.21. The van der Waals surface area contributed by atoms with Crippen molar-refractivity contribution < 1.29 is 4.39 Å². The molecule has 1 saturated heterocycles. The van der Waals surface area contributed by atoms with Crippen LogP contribution in [0.3, 0.4) is 0 Å². The van der Waals surface area contributed by atoms with Crippen molar-refractivity contribution in [2.75, 3.05) is 6.54 Å². The molecule has 14 heavy (non-hydrogen) atoms. The molecule has 0 bridgehead atoms. The summed E-state index contributed by atoms with van der Waals surface area (Å²) in [5.41, 5.74) is 0.824. The number of benzene rings is 1. The van der Waals surface area contributed by atoms with Gasteiger partial charge in [0.05, 0.1) is 0 Å². The van der Waals surface area contributed by atoms with Gasteiger partial charge in [0.25, 0.3) is 0 Å². The first kappa shape index (κ1) is 12.2. The second-order valence-corrected chi connectivity index (χ2v) is 4.56. The minimum Gasteiger partial charge on any atom is -0.310 e. The molecule has 0 unspecified atom stereocenters. The second-order valence-electron chi connectivity index (χ2n) is 3.31. The predicted octanol–water partition coefficient (Wildman–Crippen LogP) is 3.28. The van der Waals surface area contributed by atoms with Crippen LogP contribution in [0, 0.1) is 9.39 Å². The molecular weight excluding hydrogens is 315 g/mol. The molecule has 1 aromatic rings. The summed E-state index contributed by atoms with van der Waals surface area (Å²) in [7, 11) is 0. The molecular formula is C10H12ClFIN. The van der Waals surface area contributed by atoms with Crippen LogP contribution in [0.1, 0.15) is 24.4 Å². The molecule has 1 fully saturated rings. The predicted molar refractivity (Wildman–Crippen MR) is 66.3 cm³/mol. The molecule has 1 heterocycles. The molecule has 0 radical (unpaired) electrons. The smallest absolute Gasteiger partial charge is 0.128 e. The summed E-state index contributed by atoms with van der Waals surface area (Å²) in [5.74, 6) is -0.0835. The Kier molecular flexibility index (Phi) is 4.60. The van der Waals surface area contributed by atoms with Crippen LogP contribution in [-0.2, 0) is 0 Å². The van der Waals surface area contributed by atoms with E-state index >= 15 is 0 Å². The van der Waals surface area contributed by atoms with E-state index in [1.165, 1.54) is 0 Å². The van der Waals surface area contributed by atoms with Gasteiger partial charge in [0, 0.05) is 15.2 Å². The first-order valence-electron chi connectivity index (χ1n) is 4.46. The molecule has 4 heteroatoms. The van der Waals surface area contributed by atoms with Gasteiger partial charge >= 0.3 is 0 Å². The highest BCUT2D eigenvalue weighted by Gasteiger charge is 2.19. The number of hydrogen-bond acceptors (Lipinski definition) is 1. The van der Waals surface area contributed by atoms with Gasteiger partial charge in [-0.05, 0) is 60.2 Å². The van der Waals surface area contributed by atoms with Crippen molar-refractivity contribution in [3.05, 3.63) is 33.1 Å². The molecule has 0 amide bonds. The molecule has 0 aromatic heterocycles. The molecule has 0 saturated carbocycles. The van der Waals surface area contributed by atoms with Crippen molar-refractivity contribution in [1.29, 1.82) is 0 Å². The summed E-state index contributed by atoms with van der Waals surface area (Å²) in [6.45, 7) is 1.01. The first-order chi connectivity index (χ1) is 6.27. The highest BCUT2D eigenvalue weighted by molar-refractivity contribution is 14.1. The van der Waals surface area contributed by atoms with Gasteiger partial charge in [0.2, 0.25) is 0 Å². The molecule has 1 nitrogen and oxygen atoms in total. The first-order valence-corrected chi connectivity index (χ1v) is 5.53. The van der Waals surface area contributed by atoms with Gasteiger partial charge in [0.15, 0.2) is 0 Å². The number of hydrogen-bond donors (Lipinski definition) is 1. The van der Waals surface area contributed by atoms with E-state index in [2.05, 4.69) is 27.9 Å². The third-order valence-corrected chi connectivity index (χ3v) is 3.06. The second kappa shape index (κ2) is 5.28. The zero-order valence-corrected chi connectivity index (χ0v) is 10.6. The van der Waals surface area contributed by atoms with Gasteiger partial charge in [-0.2, -0.15) is 0 Å². The number of rotatable bonds is 1. The van der Waals surface area contributed by atoms with Crippen molar-refractivity contribution in [2.24, 2.45) is 0 Å². The van der Waals surface area contributed by atoms with Crippen LogP contribution < -0.4 is 5.32 Å². The van der Waals surface area contributed by atoms with E-state index in [4.69, 9.17) is 0 Å². The van der Waals surface area contributed by atoms with Crippen LogP contribution in [0.25, 0.3) is 0 Å². The fraction of sp³-hybridized carbons (Fsp3) is 0.400. The van der Waals surface area contributed by atoms with Gasteiger partial charge in [0.1, 0.15) is 5.82 Å². The lowest BCUT2D eigenvalue weighted by atomic mass is 10.1.